The second-order valence-electron chi connectivity index (χ2n) is 7.26. The Morgan fingerprint density at radius 2 is 1.83 bits per heavy atom. The Morgan fingerprint density at radius 1 is 1.10 bits per heavy atom. The van der Waals surface area contributed by atoms with Gasteiger partial charge in [0.05, 0.1) is 5.92 Å². The molecule has 2 aromatic rings. The van der Waals surface area contributed by atoms with Crippen LogP contribution in [0.1, 0.15) is 12.0 Å². The molecule has 4 rings (SSSR count). The third kappa shape index (κ3) is 4.37. The molecular weight excluding hydrogens is 388 g/mol. The number of nitrogens with one attached hydrogen (secondary N) is 1. The number of esters is 1. The number of fused-ring (bicyclic) bond motifs is 1. The predicted octanol–water partition coefficient (Wildman–Crippen LogP) is 2.30. The molecule has 2 aliphatic rings. The number of hydrogen-bond donors (Lipinski definition) is 1. The zero-order valence-electron chi connectivity index (χ0n) is 16.6. The molecule has 2 amide bonds. The van der Waals surface area contributed by atoms with E-state index in [0.29, 0.717) is 30.4 Å². The van der Waals surface area contributed by atoms with Gasteiger partial charge >= 0.3 is 5.97 Å². The molecule has 8 heteroatoms. The Labute approximate surface area is 173 Å². The average Bonchev–Trinajstić information content (AvgIpc) is 3.14. The van der Waals surface area contributed by atoms with Gasteiger partial charge in [-0.15, -0.1) is 0 Å². The van der Waals surface area contributed by atoms with Crippen LogP contribution in [0.25, 0.3) is 0 Å². The monoisotopic (exact) mass is 410 g/mol. The molecule has 0 saturated carbocycles. The molecule has 156 valence electrons. The Hall–Kier alpha value is -3.55. The number of rotatable bonds is 5. The van der Waals surface area contributed by atoms with Crippen molar-refractivity contribution in [3.8, 4) is 11.5 Å². The van der Waals surface area contributed by atoms with Crippen molar-refractivity contribution in [3.63, 3.8) is 0 Å². The summed E-state index contributed by atoms with van der Waals surface area (Å²) in [5.74, 6) is -0.594. The molecule has 1 fully saturated rings. The summed E-state index contributed by atoms with van der Waals surface area (Å²) in [4.78, 5) is 38.4. The van der Waals surface area contributed by atoms with Gasteiger partial charge < -0.3 is 24.4 Å². The predicted molar refractivity (Wildman–Crippen MR) is 109 cm³/mol. The molecule has 0 radical (unpaired) electrons. The summed E-state index contributed by atoms with van der Waals surface area (Å²) in [5, 5.41) is 2.66. The zero-order valence-corrected chi connectivity index (χ0v) is 16.6. The van der Waals surface area contributed by atoms with E-state index in [0.717, 1.165) is 11.3 Å². The van der Waals surface area contributed by atoms with Crippen LogP contribution < -0.4 is 19.7 Å². The van der Waals surface area contributed by atoms with Crippen LogP contribution in [0.15, 0.2) is 42.5 Å². The minimum absolute atomic E-state index is 0.0660. The van der Waals surface area contributed by atoms with Crippen LogP contribution >= 0.6 is 0 Å². The van der Waals surface area contributed by atoms with Crippen molar-refractivity contribution in [1.29, 1.82) is 0 Å². The van der Waals surface area contributed by atoms with Crippen molar-refractivity contribution in [1.82, 2.24) is 0 Å². The first-order chi connectivity index (χ1) is 14.5. The first-order valence-corrected chi connectivity index (χ1v) is 9.73. The fourth-order valence-corrected chi connectivity index (χ4v) is 3.41. The first kappa shape index (κ1) is 19.8. The Kier molecular flexibility index (Phi) is 5.56. The standard InChI is InChI=1S/C22H22N2O6/c1-14-2-5-17(6-3-14)24-12-15(10-21(24)26)22(27)30-13-20(25)23-16-4-7-18-19(11-16)29-9-8-28-18/h2-7,11,15H,8-10,12-13H2,1H3,(H,23,25)/t15-/m1/s1. The van der Waals surface area contributed by atoms with Crippen molar-refractivity contribution in [2.75, 3.05) is 36.6 Å². The lowest BCUT2D eigenvalue weighted by molar-refractivity contribution is -0.151. The van der Waals surface area contributed by atoms with Gasteiger partial charge in [-0.2, -0.15) is 0 Å². The van der Waals surface area contributed by atoms with Crippen LogP contribution in [0.4, 0.5) is 11.4 Å². The molecule has 0 unspecified atom stereocenters. The van der Waals surface area contributed by atoms with E-state index in [-0.39, 0.29) is 18.9 Å². The maximum absolute atomic E-state index is 12.4. The van der Waals surface area contributed by atoms with Crippen LogP contribution in [0.2, 0.25) is 0 Å². The van der Waals surface area contributed by atoms with Crippen LogP contribution in [-0.4, -0.2) is 44.1 Å². The fourth-order valence-electron chi connectivity index (χ4n) is 3.41. The van der Waals surface area contributed by atoms with Crippen LogP contribution in [-0.2, 0) is 19.1 Å². The van der Waals surface area contributed by atoms with E-state index in [9.17, 15) is 14.4 Å². The SMILES string of the molecule is Cc1ccc(N2C[C@H](C(=O)OCC(=O)Nc3ccc4c(c3)OCCO4)CC2=O)cc1. The van der Waals surface area contributed by atoms with Gasteiger partial charge in [0.1, 0.15) is 13.2 Å². The molecule has 0 aliphatic carbocycles. The molecule has 1 saturated heterocycles. The number of amides is 2. The van der Waals surface area contributed by atoms with E-state index in [2.05, 4.69) is 5.32 Å². The molecule has 0 aromatic heterocycles. The van der Waals surface area contributed by atoms with E-state index < -0.39 is 24.4 Å². The number of benzene rings is 2. The van der Waals surface area contributed by atoms with Gasteiger partial charge in [-0.1, -0.05) is 17.7 Å². The maximum atomic E-state index is 12.4. The highest BCUT2D eigenvalue weighted by Gasteiger charge is 2.36. The van der Waals surface area contributed by atoms with Crippen molar-refractivity contribution in [3.05, 3.63) is 48.0 Å². The molecule has 1 N–H and O–H groups in total. The van der Waals surface area contributed by atoms with Crippen LogP contribution in [0.3, 0.4) is 0 Å². The Balaban J connectivity index is 1.28. The number of carbonyl (C=O) groups excluding carboxylic acids is 3. The van der Waals surface area contributed by atoms with Crippen molar-refractivity contribution in [2.45, 2.75) is 13.3 Å². The number of nitrogens with zero attached hydrogens (tertiary/aromatic N) is 1. The number of aryl methyl sites for hydroxylation is 1. The summed E-state index contributed by atoms with van der Waals surface area (Å²) >= 11 is 0. The van der Waals surface area contributed by atoms with Crippen molar-refractivity contribution < 1.29 is 28.6 Å². The zero-order chi connectivity index (χ0) is 21.1. The van der Waals surface area contributed by atoms with Gasteiger partial charge in [-0.25, -0.2) is 0 Å². The lowest BCUT2D eigenvalue weighted by atomic mass is 10.1. The smallest absolute Gasteiger partial charge is 0.311 e. The largest absolute Gasteiger partial charge is 0.486 e. The van der Waals surface area contributed by atoms with Crippen molar-refractivity contribution in [2.24, 2.45) is 5.92 Å². The molecular formula is C22H22N2O6. The molecule has 30 heavy (non-hydrogen) atoms. The van der Waals surface area contributed by atoms with Gasteiger partial charge in [0, 0.05) is 30.4 Å². The summed E-state index contributed by atoms with van der Waals surface area (Å²) in [6.07, 6.45) is 0.0660. The van der Waals surface area contributed by atoms with Gasteiger partial charge in [0.2, 0.25) is 5.91 Å². The van der Waals surface area contributed by atoms with E-state index >= 15 is 0 Å². The summed E-state index contributed by atoms with van der Waals surface area (Å²) in [5.41, 5.74) is 2.35. The van der Waals surface area contributed by atoms with E-state index in [1.807, 2.05) is 31.2 Å². The molecule has 0 spiro atoms. The highest BCUT2D eigenvalue weighted by molar-refractivity contribution is 6.00. The summed E-state index contributed by atoms with van der Waals surface area (Å²) in [6.45, 7) is 2.71. The van der Waals surface area contributed by atoms with E-state index in [1.54, 1.807) is 23.1 Å². The van der Waals surface area contributed by atoms with E-state index in [1.165, 1.54) is 0 Å². The quantitative estimate of drug-likeness (QED) is 0.761. The number of anilines is 2. The molecule has 0 bridgehead atoms. The maximum Gasteiger partial charge on any atom is 0.311 e. The normalized spacial score (nSPS) is 17.6. The highest BCUT2D eigenvalue weighted by Crippen LogP contribution is 2.32. The van der Waals surface area contributed by atoms with Crippen LogP contribution in [0.5, 0.6) is 11.5 Å². The second kappa shape index (κ2) is 8.44. The molecule has 2 aliphatic heterocycles. The van der Waals surface area contributed by atoms with E-state index in [4.69, 9.17) is 14.2 Å². The first-order valence-electron chi connectivity index (χ1n) is 9.73. The topological polar surface area (TPSA) is 94.2 Å². The Morgan fingerprint density at radius 3 is 2.60 bits per heavy atom. The van der Waals surface area contributed by atoms with Crippen molar-refractivity contribution >= 4 is 29.2 Å². The lowest BCUT2D eigenvalue weighted by Gasteiger charge is -2.19. The number of hydrogen-bond acceptors (Lipinski definition) is 6. The molecule has 1 atom stereocenters. The van der Waals surface area contributed by atoms with Gasteiger partial charge in [0.15, 0.2) is 18.1 Å². The minimum atomic E-state index is -0.596. The van der Waals surface area contributed by atoms with Gasteiger partial charge in [-0.3, -0.25) is 14.4 Å². The van der Waals surface area contributed by atoms with Gasteiger partial charge in [-0.05, 0) is 31.2 Å². The number of carbonyl (C=O) groups is 3. The third-order valence-electron chi connectivity index (χ3n) is 4.98. The summed E-state index contributed by atoms with van der Waals surface area (Å²) < 4.78 is 16.1. The lowest BCUT2D eigenvalue weighted by Crippen LogP contribution is -2.28. The summed E-state index contributed by atoms with van der Waals surface area (Å²) in [6, 6.07) is 12.6. The van der Waals surface area contributed by atoms with Crippen LogP contribution in [0, 0.1) is 12.8 Å². The molecule has 2 aromatic carbocycles. The average molecular weight is 410 g/mol. The molecule has 8 nitrogen and oxygen atoms in total. The minimum Gasteiger partial charge on any atom is -0.486 e. The second-order valence-corrected chi connectivity index (χ2v) is 7.26. The third-order valence-corrected chi connectivity index (χ3v) is 4.98. The van der Waals surface area contributed by atoms with Gasteiger partial charge in [0.25, 0.3) is 5.91 Å². The summed E-state index contributed by atoms with van der Waals surface area (Å²) in [7, 11) is 0. The fraction of sp³-hybridized carbons (Fsp3) is 0.318. The Bertz CT molecular complexity index is 972. The number of ether oxygens (including phenoxy) is 3. The highest BCUT2D eigenvalue weighted by atomic mass is 16.6. The molecule has 2 heterocycles.